The van der Waals surface area contributed by atoms with Crippen molar-refractivity contribution in [2.45, 2.75) is 77.0 Å². The number of ether oxygens (including phenoxy) is 2. The number of benzene rings is 2. The summed E-state index contributed by atoms with van der Waals surface area (Å²) in [6.07, 6.45) is 3.17. The van der Waals surface area contributed by atoms with Crippen LogP contribution in [0, 0.1) is 5.92 Å². The van der Waals surface area contributed by atoms with E-state index in [0.717, 1.165) is 24.0 Å². The third-order valence-corrected chi connectivity index (χ3v) is 6.22. The van der Waals surface area contributed by atoms with Crippen LogP contribution in [-0.2, 0) is 27.3 Å². The summed E-state index contributed by atoms with van der Waals surface area (Å²) in [6.45, 7) is 4.13. The monoisotopic (exact) mass is 469 g/mol. The first-order chi connectivity index (χ1) is 16.4. The van der Waals surface area contributed by atoms with Gasteiger partial charge in [-0.3, -0.25) is 0 Å². The van der Waals surface area contributed by atoms with Crippen LogP contribution < -0.4 is 5.32 Å². The molecule has 0 fully saturated rings. The molecule has 2 rings (SSSR count). The molecule has 34 heavy (non-hydrogen) atoms. The van der Waals surface area contributed by atoms with Crippen molar-refractivity contribution in [3.63, 3.8) is 0 Å². The third-order valence-electron chi connectivity index (χ3n) is 6.22. The van der Waals surface area contributed by atoms with Crippen LogP contribution in [0.3, 0.4) is 0 Å². The van der Waals surface area contributed by atoms with Gasteiger partial charge in [0, 0.05) is 0 Å². The lowest BCUT2D eigenvalue weighted by atomic mass is 9.78. The smallest absolute Gasteiger partial charge is 0.408 e. The largest absolute Gasteiger partial charge is 0.467 e. The van der Waals surface area contributed by atoms with Gasteiger partial charge in [0.2, 0.25) is 0 Å². The van der Waals surface area contributed by atoms with Gasteiger partial charge in [-0.1, -0.05) is 87.4 Å². The van der Waals surface area contributed by atoms with Crippen molar-refractivity contribution in [3.05, 3.63) is 71.8 Å². The van der Waals surface area contributed by atoms with Crippen LogP contribution in [-0.4, -0.2) is 35.9 Å². The summed E-state index contributed by atoms with van der Waals surface area (Å²) in [5.41, 5.74) is 0.669. The molecule has 2 aromatic rings. The number of carbonyl (C=O) groups excluding carboxylic acids is 2. The highest BCUT2D eigenvalue weighted by atomic mass is 16.6. The highest BCUT2D eigenvalue weighted by molar-refractivity contribution is 5.85. The van der Waals surface area contributed by atoms with Crippen LogP contribution in [0.5, 0.6) is 0 Å². The lowest BCUT2D eigenvalue weighted by Crippen LogP contribution is -2.56. The lowest BCUT2D eigenvalue weighted by Gasteiger charge is -2.35. The number of amides is 1. The van der Waals surface area contributed by atoms with E-state index in [-0.39, 0.29) is 12.5 Å². The predicted octanol–water partition coefficient (Wildman–Crippen LogP) is 5.42. The third kappa shape index (κ3) is 8.82. The van der Waals surface area contributed by atoms with Gasteiger partial charge in [0.05, 0.1) is 13.2 Å². The van der Waals surface area contributed by atoms with Gasteiger partial charge in [-0.05, 0) is 49.1 Å². The van der Waals surface area contributed by atoms with Crippen LogP contribution in [0.15, 0.2) is 60.7 Å². The zero-order valence-electron chi connectivity index (χ0n) is 20.7. The molecular formula is C28H39NO5. The molecule has 0 radical (unpaired) electrons. The summed E-state index contributed by atoms with van der Waals surface area (Å²) >= 11 is 0. The highest BCUT2D eigenvalue weighted by Gasteiger charge is 2.43. The van der Waals surface area contributed by atoms with Crippen molar-refractivity contribution in [2.24, 2.45) is 5.92 Å². The number of aryl methyl sites for hydroxylation is 1. The number of aliphatic hydroxyl groups is 1. The Hall–Kier alpha value is -2.86. The second-order valence-electron chi connectivity index (χ2n) is 8.90. The van der Waals surface area contributed by atoms with E-state index in [0.29, 0.717) is 32.1 Å². The second kappa shape index (κ2) is 14.4. The molecule has 6 heteroatoms. The number of rotatable bonds is 14. The zero-order chi connectivity index (χ0) is 24.8. The Morgan fingerprint density at radius 3 is 2.18 bits per heavy atom. The molecule has 0 aliphatic rings. The Bertz CT molecular complexity index is 858. The fourth-order valence-corrected chi connectivity index (χ4v) is 4.36. The van der Waals surface area contributed by atoms with Crippen molar-refractivity contribution in [1.82, 2.24) is 5.32 Å². The molecule has 3 atom stereocenters. The Morgan fingerprint density at radius 2 is 1.62 bits per heavy atom. The molecule has 0 aliphatic heterocycles. The average Bonchev–Trinajstić information content (AvgIpc) is 2.86. The quantitative estimate of drug-likeness (QED) is 0.361. The molecule has 0 heterocycles. The Morgan fingerprint density at radius 1 is 1.00 bits per heavy atom. The summed E-state index contributed by atoms with van der Waals surface area (Å²) in [6, 6.07) is 19.3. The molecule has 0 saturated heterocycles. The molecular weight excluding hydrogens is 430 g/mol. The molecule has 0 aromatic heterocycles. The topological polar surface area (TPSA) is 84.9 Å². The van der Waals surface area contributed by atoms with Gasteiger partial charge in [-0.25, -0.2) is 9.59 Å². The molecule has 6 nitrogen and oxygen atoms in total. The SMILES string of the molecule is CCC[C@@H](C[C@@H](O)CC)C[C@@](CCc1ccccc1)(NC(=O)OCc1ccccc1)C(=O)OC. The molecule has 186 valence electrons. The summed E-state index contributed by atoms with van der Waals surface area (Å²) < 4.78 is 10.7. The van der Waals surface area contributed by atoms with Crippen LogP contribution in [0.1, 0.15) is 63.5 Å². The first-order valence-electron chi connectivity index (χ1n) is 12.2. The minimum Gasteiger partial charge on any atom is -0.467 e. The standard InChI is InChI=1S/C28H39NO5/c1-4-12-24(19-25(30)5-2)20-28(26(31)33-3,18-17-22-13-8-6-9-14-22)29-27(32)34-21-23-15-10-7-11-16-23/h6-11,13-16,24-25,30H,4-5,12,17-21H2,1-3H3,(H,29,32)/t24-,25-,28+/m0/s1. The van der Waals surface area contributed by atoms with E-state index in [2.05, 4.69) is 12.2 Å². The van der Waals surface area contributed by atoms with Crippen LogP contribution in [0.25, 0.3) is 0 Å². The molecule has 0 unspecified atom stereocenters. The van der Waals surface area contributed by atoms with E-state index >= 15 is 0 Å². The summed E-state index contributed by atoms with van der Waals surface area (Å²) in [7, 11) is 1.34. The van der Waals surface area contributed by atoms with Gasteiger partial charge in [0.25, 0.3) is 0 Å². The number of esters is 1. The number of hydrogen-bond donors (Lipinski definition) is 2. The predicted molar refractivity (Wildman–Crippen MR) is 133 cm³/mol. The van der Waals surface area contributed by atoms with E-state index in [1.807, 2.05) is 67.6 Å². The normalized spacial score (nSPS) is 14.5. The van der Waals surface area contributed by atoms with Gasteiger partial charge in [-0.2, -0.15) is 0 Å². The van der Waals surface area contributed by atoms with E-state index in [9.17, 15) is 14.7 Å². The number of carbonyl (C=O) groups is 2. The maximum atomic E-state index is 13.2. The summed E-state index contributed by atoms with van der Waals surface area (Å²) in [5, 5.41) is 13.2. The van der Waals surface area contributed by atoms with Crippen LogP contribution >= 0.6 is 0 Å². The average molecular weight is 470 g/mol. The number of methoxy groups -OCH3 is 1. The fraction of sp³-hybridized carbons (Fsp3) is 0.500. The summed E-state index contributed by atoms with van der Waals surface area (Å²) in [5.74, 6) is -0.448. The van der Waals surface area contributed by atoms with E-state index in [4.69, 9.17) is 9.47 Å². The van der Waals surface area contributed by atoms with E-state index in [1.165, 1.54) is 7.11 Å². The Balaban J connectivity index is 2.27. The van der Waals surface area contributed by atoms with Crippen molar-refractivity contribution < 1.29 is 24.2 Å². The number of hydrogen-bond acceptors (Lipinski definition) is 5. The molecule has 0 spiro atoms. The molecule has 0 bridgehead atoms. The molecule has 0 aliphatic carbocycles. The fourth-order valence-electron chi connectivity index (χ4n) is 4.36. The van der Waals surface area contributed by atoms with Crippen LogP contribution in [0.4, 0.5) is 4.79 Å². The minimum atomic E-state index is -1.26. The first kappa shape index (κ1) is 27.4. The first-order valence-corrected chi connectivity index (χ1v) is 12.2. The Labute approximate surface area is 203 Å². The van der Waals surface area contributed by atoms with Crippen molar-refractivity contribution >= 4 is 12.1 Å². The molecule has 1 amide bonds. The van der Waals surface area contributed by atoms with Gasteiger partial charge < -0.3 is 19.9 Å². The van der Waals surface area contributed by atoms with E-state index in [1.54, 1.807) is 0 Å². The summed E-state index contributed by atoms with van der Waals surface area (Å²) in [4.78, 5) is 26.1. The number of nitrogens with one attached hydrogen (secondary N) is 1. The maximum absolute atomic E-state index is 13.2. The molecule has 0 saturated carbocycles. The maximum Gasteiger partial charge on any atom is 0.408 e. The number of aliphatic hydroxyl groups excluding tert-OH is 1. The minimum absolute atomic E-state index is 0.0456. The van der Waals surface area contributed by atoms with E-state index < -0.39 is 23.7 Å². The molecule has 2 aromatic carbocycles. The van der Waals surface area contributed by atoms with Gasteiger partial charge in [0.15, 0.2) is 0 Å². The number of alkyl carbamates (subject to hydrolysis) is 1. The van der Waals surface area contributed by atoms with Crippen molar-refractivity contribution in [1.29, 1.82) is 0 Å². The zero-order valence-corrected chi connectivity index (χ0v) is 20.7. The van der Waals surface area contributed by atoms with Crippen molar-refractivity contribution in [2.75, 3.05) is 7.11 Å². The Kier molecular flexibility index (Phi) is 11.6. The highest BCUT2D eigenvalue weighted by Crippen LogP contribution is 2.31. The second-order valence-corrected chi connectivity index (χ2v) is 8.90. The van der Waals surface area contributed by atoms with Gasteiger partial charge in [0.1, 0.15) is 12.1 Å². The van der Waals surface area contributed by atoms with Gasteiger partial charge in [-0.15, -0.1) is 0 Å². The van der Waals surface area contributed by atoms with Gasteiger partial charge >= 0.3 is 12.1 Å². The van der Waals surface area contributed by atoms with Crippen LogP contribution in [0.2, 0.25) is 0 Å². The lowest BCUT2D eigenvalue weighted by molar-refractivity contribution is -0.150. The molecule has 2 N–H and O–H groups in total. The van der Waals surface area contributed by atoms with Crippen molar-refractivity contribution in [3.8, 4) is 0 Å².